The summed E-state index contributed by atoms with van der Waals surface area (Å²) in [4.78, 5) is 21.9. The third-order valence-corrected chi connectivity index (χ3v) is 8.26. The van der Waals surface area contributed by atoms with Crippen molar-refractivity contribution < 1.29 is 58.7 Å². The molecule has 0 radical (unpaired) electrons. The van der Waals surface area contributed by atoms with Crippen LogP contribution in [-0.2, 0) is 39.9 Å². The van der Waals surface area contributed by atoms with E-state index >= 15 is 0 Å². The summed E-state index contributed by atoms with van der Waals surface area (Å²) in [6, 6.07) is 4.24. The second-order valence-electron chi connectivity index (χ2n) is 8.12. The van der Waals surface area contributed by atoms with Gasteiger partial charge in [-0.05, 0) is 42.5 Å². The molecule has 1 aliphatic rings. The number of fused-ring (bicyclic) bond motifs is 1. The molecule has 0 bridgehead atoms. The summed E-state index contributed by atoms with van der Waals surface area (Å²) in [5.74, 6) is -3.85. The van der Waals surface area contributed by atoms with Gasteiger partial charge in [-0.15, -0.1) is 0 Å². The summed E-state index contributed by atoms with van der Waals surface area (Å²) >= 11 is 0. The molecular weight excluding hydrogens is 614 g/mol. The van der Waals surface area contributed by atoms with Gasteiger partial charge < -0.3 is 15.9 Å². The Bertz CT molecular complexity index is 2040. The fourth-order valence-electron chi connectivity index (χ4n) is 3.74. The first-order valence-corrected chi connectivity index (χ1v) is 14.8. The van der Waals surface area contributed by atoms with Crippen molar-refractivity contribution >= 4 is 75.8 Å². The van der Waals surface area contributed by atoms with E-state index in [4.69, 9.17) is 10.3 Å². The van der Waals surface area contributed by atoms with Gasteiger partial charge in [-0.3, -0.25) is 18.5 Å². The average molecular weight is 630 g/mol. The third kappa shape index (κ3) is 5.44. The van der Waals surface area contributed by atoms with Crippen LogP contribution in [0, 0.1) is 0 Å². The SMILES string of the molecule is Nc1c(S(=O)(=O)O)cc2c(S(=O)(=O)O)c(N=NC3C(=O)N(c4ccc(S(=O)(=O)O)cc4)N=C3C(=O)O)ccc2c1O. The number of nitrogen functional groups attached to an aromatic ring is 1. The normalized spacial score (nSPS) is 16.5. The number of carboxylic acids is 1. The molecule has 7 N–H and O–H groups in total. The second kappa shape index (κ2) is 9.83. The number of nitrogens with zero attached hydrogens (tertiary/aromatic N) is 4. The highest BCUT2D eigenvalue weighted by Gasteiger charge is 2.41. The summed E-state index contributed by atoms with van der Waals surface area (Å²) in [6.07, 6.45) is 0. The first-order valence-electron chi connectivity index (χ1n) is 10.5. The summed E-state index contributed by atoms with van der Waals surface area (Å²) in [5.41, 5.74) is 2.90. The van der Waals surface area contributed by atoms with Gasteiger partial charge in [-0.2, -0.15) is 45.6 Å². The molecular formula is C20H15N5O13S3. The molecule has 0 aliphatic carbocycles. The van der Waals surface area contributed by atoms with Crippen molar-refractivity contribution in [3.8, 4) is 5.75 Å². The highest BCUT2D eigenvalue weighted by molar-refractivity contribution is 7.86. The number of azo groups is 1. The minimum Gasteiger partial charge on any atom is -0.505 e. The smallest absolute Gasteiger partial charge is 0.355 e. The number of benzene rings is 3. The van der Waals surface area contributed by atoms with Crippen LogP contribution in [0.2, 0.25) is 0 Å². The van der Waals surface area contributed by atoms with Crippen LogP contribution in [0.1, 0.15) is 0 Å². The Kier molecular flexibility index (Phi) is 7.06. The number of aliphatic carboxylic acids is 1. The van der Waals surface area contributed by atoms with Gasteiger partial charge >= 0.3 is 5.97 Å². The van der Waals surface area contributed by atoms with Crippen molar-refractivity contribution in [2.24, 2.45) is 15.3 Å². The Morgan fingerprint density at radius 3 is 2.02 bits per heavy atom. The van der Waals surface area contributed by atoms with Gasteiger partial charge in [0, 0.05) is 10.8 Å². The lowest BCUT2D eigenvalue weighted by atomic mass is 10.1. The zero-order valence-electron chi connectivity index (χ0n) is 19.7. The van der Waals surface area contributed by atoms with Crippen molar-refractivity contribution in [2.45, 2.75) is 20.7 Å². The number of amides is 1. The molecule has 0 spiro atoms. The third-order valence-electron chi connectivity index (χ3n) is 5.55. The lowest BCUT2D eigenvalue weighted by molar-refractivity contribution is -0.130. The maximum absolute atomic E-state index is 13.0. The molecule has 18 nitrogen and oxygen atoms in total. The Labute approximate surface area is 229 Å². The molecule has 0 fully saturated rings. The van der Waals surface area contributed by atoms with Crippen LogP contribution in [0.15, 0.2) is 72.5 Å². The number of hydrogen-bond acceptors (Lipinski definition) is 13. The second-order valence-corrected chi connectivity index (χ2v) is 12.3. The lowest BCUT2D eigenvalue weighted by Gasteiger charge is -2.13. The highest BCUT2D eigenvalue weighted by Crippen LogP contribution is 2.42. The Balaban J connectivity index is 1.84. The van der Waals surface area contributed by atoms with E-state index in [-0.39, 0.29) is 5.69 Å². The number of hydrogen-bond donors (Lipinski definition) is 6. The van der Waals surface area contributed by atoms with Crippen LogP contribution in [0.25, 0.3) is 10.8 Å². The highest BCUT2D eigenvalue weighted by atomic mass is 32.2. The van der Waals surface area contributed by atoms with Gasteiger partial charge in [0.1, 0.15) is 21.2 Å². The van der Waals surface area contributed by atoms with Gasteiger partial charge in [0.05, 0.1) is 16.3 Å². The number of carbonyl (C=O) groups is 2. The number of anilines is 2. The largest absolute Gasteiger partial charge is 0.505 e. The zero-order chi connectivity index (χ0) is 30.7. The first-order chi connectivity index (χ1) is 18.8. The Hall–Kier alpha value is -4.54. The standard InChI is InChI=1S/C20H15N5O13S3/c21-14-13(40(33,34)35)7-11-10(17(14)26)5-6-12(18(11)41(36,37)38)22-23-15-16(20(28)29)24-25(19(15)27)8-1-3-9(4-2-8)39(30,31)32/h1-7,15,26H,21H2,(H,28,29)(H,30,31,32)(H,33,34,35)(H,36,37,38). The van der Waals surface area contributed by atoms with Crippen molar-refractivity contribution in [3.05, 3.63) is 42.5 Å². The molecule has 1 heterocycles. The summed E-state index contributed by atoms with van der Waals surface area (Å²) in [7, 11) is -15.0. The molecule has 0 aromatic heterocycles. The van der Waals surface area contributed by atoms with Gasteiger partial charge in [-0.1, -0.05) is 0 Å². The molecule has 1 atom stereocenters. The molecule has 4 rings (SSSR count). The number of hydrazone groups is 1. The fraction of sp³-hybridized carbons (Fsp3) is 0.0500. The quantitative estimate of drug-likeness (QED) is 0.0912. The summed E-state index contributed by atoms with van der Waals surface area (Å²) in [6.45, 7) is 0. The van der Waals surface area contributed by atoms with Crippen molar-refractivity contribution in [3.63, 3.8) is 0 Å². The topological polar surface area (TPSA) is 304 Å². The molecule has 1 unspecified atom stereocenters. The molecule has 0 saturated heterocycles. The number of rotatable bonds is 7. The predicted molar refractivity (Wildman–Crippen MR) is 137 cm³/mol. The number of phenols is 1. The van der Waals surface area contributed by atoms with Gasteiger partial charge in [0.25, 0.3) is 36.3 Å². The Morgan fingerprint density at radius 2 is 1.51 bits per heavy atom. The lowest BCUT2D eigenvalue weighted by Crippen LogP contribution is -2.33. The minimum atomic E-state index is -5.30. The molecule has 1 amide bonds. The number of nitrogens with two attached hydrogens (primary N) is 1. The van der Waals surface area contributed by atoms with E-state index in [1.807, 2.05) is 0 Å². The molecule has 0 saturated carbocycles. The first kappa shape index (κ1) is 29.4. The van der Waals surface area contributed by atoms with Crippen LogP contribution in [0.3, 0.4) is 0 Å². The minimum absolute atomic E-state index is 0.144. The summed E-state index contributed by atoms with van der Waals surface area (Å²) < 4.78 is 98.8. The van der Waals surface area contributed by atoms with Gasteiger partial charge in [0.2, 0.25) is 6.04 Å². The van der Waals surface area contributed by atoms with Crippen molar-refractivity contribution in [1.29, 1.82) is 0 Å². The van der Waals surface area contributed by atoms with Crippen molar-refractivity contribution in [1.82, 2.24) is 0 Å². The molecule has 3 aromatic rings. The van der Waals surface area contributed by atoms with Gasteiger partial charge in [-0.25, -0.2) is 4.79 Å². The fourth-order valence-corrected chi connectivity index (χ4v) is 5.69. The monoisotopic (exact) mass is 629 g/mol. The van der Waals surface area contributed by atoms with E-state index in [1.165, 1.54) is 0 Å². The average Bonchev–Trinajstić information content (AvgIpc) is 3.19. The molecule has 21 heteroatoms. The van der Waals surface area contributed by atoms with E-state index in [1.54, 1.807) is 0 Å². The van der Waals surface area contributed by atoms with Crippen LogP contribution >= 0.6 is 0 Å². The molecule has 41 heavy (non-hydrogen) atoms. The molecule has 3 aromatic carbocycles. The summed E-state index contributed by atoms with van der Waals surface area (Å²) in [5, 5.41) is 30.0. The van der Waals surface area contributed by atoms with Crippen LogP contribution < -0.4 is 10.7 Å². The van der Waals surface area contributed by atoms with E-state index in [0.717, 1.165) is 36.4 Å². The van der Waals surface area contributed by atoms with Crippen LogP contribution in [-0.4, -0.2) is 72.8 Å². The van der Waals surface area contributed by atoms with E-state index < -0.39 is 96.6 Å². The predicted octanol–water partition coefficient (Wildman–Crippen LogP) is 0.807. The zero-order valence-corrected chi connectivity index (χ0v) is 22.2. The number of carboxylic acid groups (broad SMARTS) is 1. The maximum atomic E-state index is 13.0. The van der Waals surface area contributed by atoms with Crippen LogP contribution in [0.5, 0.6) is 5.75 Å². The van der Waals surface area contributed by atoms with E-state index in [2.05, 4.69) is 15.3 Å². The van der Waals surface area contributed by atoms with E-state index in [9.17, 15) is 54.2 Å². The van der Waals surface area contributed by atoms with Crippen molar-refractivity contribution in [2.75, 3.05) is 10.7 Å². The number of phenolic OH excluding ortho intramolecular Hbond substituents is 1. The van der Waals surface area contributed by atoms with Gasteiger partial charge in [0.15, 0.2) is 5.71 Å². The maximum Gasteiger partial charge on any atom is 0.355 e. The number of carbonyl (C=O) groups excluding carboxylic acids is 1. The van der Waals surface area contributed by atoms with E-state index in [0.29, 0.717) is 11.1 Å². The molecule has 1 aliphatic heterocycles. The number of aromatic hydroxyl groups is 1. The Morgan fingerprint density at radius 1 is 0.902 bits per heavy atom. The van der Waals surface area contributed by atoms with Crippen LogP contribution in [0.4, 0.5) is 17.1 Å². The molecule has 216 valence electrons.